The van der Waals surface area contributed by atoms with Crippen LogP contribution in [-0.2, 0) is 13.5 Å². The normalized spacial score (nSPS) is 14.5. The summed E-state index contributed by atoms with van der Waals surface area (Å²) in [6.45, 7) is 0. The summed E-state index contributed by atoms with van der Waals surface area (Å²) >= 11 is 0. The van der Waals surface area contributed by atoms with Crippen molar-refractivity contribution < 1.29 is 18.3 Å². The van der Waals surface area contributed by atoms with Gasteiger partial charge in [-0.2, -0.15) is 18.3 Å². The molecule has 1 unspecified atom stereocenters. The van der Waals surface area contributed by atoms with Gasteiger partial charge in [-0.05, 0) is 6.07 Å². The first kappa shape index (κ1) is 10.0. The van der Waals surface area contributed by atoms with Gasteiger partial charge in [0, 0.05) is 19.7 Å². The van der Waals surface area contributed by atoms with Crippen molar-refractivity contribution in [2.45, 2.75) is 18.7 Å². The molecular formula is C7H9F3N2O. The molecule has 1 aromatic heterocycles. The van der Waals surface area contributed by atoms with E-state index in [2.05, 4.69) is 5.10 Å². The number of aromatic nitrogens is 2. The van der Waals surface area contributed by atoms with E-state index in [-0.39, 0.29) is 5.69 Å². The summed E-state index contributed by atoms with van der Waals surface area (Å²) in [6.07, 6.45) is -5.87. The number of aliphatic hydroxyl groups is 1. The van der Waals surface area contributed by atoms with Crippen molar-refractivity contribution in [3.63, 3.8) is 0 Å². The van der Waals surface area contributed by atoms with E-state index in [0.29, 0.717) is 0 Å². The molecular weight excluding hydrogens is 185 g/mol. The van der Waals surface area contributed by atoms with Gasteiger partial charge in [0.2, 0.25) is 0 Å². The zero-order valence-corrected chi connectivity index (χ0v) is 6.91. The largest absolute Gasteiger partial charge is 0.414 e. The molecule has 0 radical (unpaired) electrons. The number of alkyl halides is 3. The van der Waals surface area contributed by atoms with Gasteiger partial charge in [0.25, 0.3) is 0 Å². The number of aryl methyl sites for hydroxylation is 1. The highest BCUT2D eigenvalue weighted by Gasteiger charge is 2.38. The number of hydrogen-bond acceptors (Lipinski definition) is 2. The standard InChI is InChI=1S/C7H9F3N2O/c1-12-3-2-5(11-12)4-6(13)7(8,9)10/h2-3,6,13H,4H2,1H3. The van der Waals surface area contributed by atoms with Crippen LogP contribution in [0, 0.1) is 0 Å². The van der Waals surface area contributed by atoms with Crippen LogP contribution < -0.4 is 0 Å². The highest BCUT2D eigenvalue weighted by Crippen LogP contribution is 2.22. The van der Waals surface area contributed by atoms with Crippen LogP contribution >= 0.6 is 0 Å². The van der Waals surface area contributed by atoms with E-state index >= 15 is 0 Å². The van der Waals surface area contributed by atoms with Crippen LogP contribution in [0.4, 0.5) is 13.2 Å². The molecule has 1 heterocycles. The van der Waals surface area contributed by atoms with Crippen molar-refractivity contribution >= 4 is 0 Å². The van der Waals surface area contributed by atoms with Gasteiger partial charge in [-0.15, -0.1) is 0 Å². The first-order chi connectivity index (χ1) is 5.89. The fourth-order valence-corrected chi connectivity index (χ4v) is 0.886. The van der Waals surface area contributed by atoms with Gasteiger partial charge in [-0.1, -0.05) is 0 Å². The summed E-state index contributed by atoms with van der Waals surface area (Å²) in [5.41, 5.74) is 0.229. The van der Waals surface area contributed by atoms with Crippen LogP contribution in [0.15, 0.2) is 12.3 Å². The summed E-state index contributed by atoms with van der Waals surface area (Å²) in [6, 6.07) is 1.44. The molecule has 1 aromatic rings. The lowest BCUT2D eigenvalue weighted by Gasteiger charge is -2.12. The lowest BCUT2D eigenvalue weighted by atomic mass is 10.2. The number of hydrogen-bond donors (Lipinski definition) is 1. The molecule has 0 bridgehead atoms. The Bertz CT molecular complexity index is 282. The van der Waals surface area contributed by atoms with E-state index in [9.17, 15) is 13.2 Å². The molecule has 13 heavy (non-hydrogen) atoms. The summed E-state index contributed by atoms with van der Waals surface area (Å²) in [4.78, 5) is 0. The van der Waals surface area contributed by atoms with Crippen molar-refractivity contribution in [1.82, 2.24) is 9.78 Å². The van der Waals surface area contributed by atoms with Crippen LogP contribution in [0.25, 0.3) is 0 Å². The minimum Gasteiger partial charge on any atom is -0.383 e. The Morgan fingerprint density at radius 1 is 1.62 bits per heavy atom. The lowest BCUT2D eigenvalue weighted by molar-refractivity contribution is -0.203. The fourth-order valence-electron chi connectivity index (χ4n) is 0.886. The third-order valence-electron chi connectivity index (χ3n) is 1.55. The Kier molecular flexibility index (Phi) is 2.60. The Hall–Kier alpha value is -1.04. The molecule has 0 saturated heterocycles. The second-order valence-corrected chi connectivity index (χ2v) is 2.74. The maximum Gasteiger partial charge on any atom is 0.414 e. The molecule has 0 amide bonds. The molecule has 74 valence electrons. The van der Waals surface area contributed by atoms with E-state index in [0.717, 1.165) is 0 Å². The van der Waals surface area contributed by atoms with Gasteiger partial charge in [0.1, 0.15) is 0 Å². The van der Waals surface area contributed by atoms with Crippen LogP contribution in [-0.4, -0.2) is 27.2 Å². The van der Waals surface area contributed by atoms with Crippen LogP contribution in [0.1, 0.15) is 5.69 Å². The van der Waals surface area contributed by atoms with Crippen molar-refractivity contribution in [3.05, 3.63) is 18.0 Å². The summed E-state index contributed by atoms with van der Waals surface area (Å²) in [7, 11) is 1.60. The lowest BCUT2D eigenvalue weighted by Crippen LogP contribution is -2.30. The third-order valence-corrected chi connectivity index (χ3v) is 1.55. The Labute approximate surface area is 72.8 Å². The van der Waals surface area contributed by atoms with Gasteiger partial charge >= 0.3 is 6.18 Å². The topological polar surface area (TPSA) is 38.0 Å². The summed E-state index contributed by atoms with van der Waals surface area (Å²) in [5.74, 6) is 0. The van der Waals surface area contributed by atoms with Gasteiger partial charge in [0.15, 0.2) is 6.10 Å². The molecule has 1 N–H and O–H groups in total. The molecule has 6 heteroatoms. The fraction of sp³-hybridized carbons (Fsp3) is 0.571. The Morgan fingerprint density at radius 3 is 2.62 bits per heavy atom. The molecule has 0 saturated carbocycles. The zero-order chi connectivity index (χ0) is 10.1. The first-order valence-electron chi connectivity index (χ1n) is 3.63. The van der Waals surface area contributed by atoms with Gasteiger partial charge in [-0.25, -0.2) is 0 Å². The van der Waals surface area contributed by atoms with Crippen LogP contribution in [0.3, 0.4) is 0 Å². The third kappa shape index (κ3) is 2.73. The van der Waals surface area contributed by atoms with Crippen molar-refractivity contribution in [2.75, 3.05) is 0 Å². The van der Waals surface area contributed by atoms with Crippen LogP contribution in [0.2, 0.25) is 0 Å². The highest BCUT2D eigenvalue weighted by atomic mass is 19.4. The smallest absolute Gasteiger partial charge is 0.383 e. The van der Waals surface area contributed by atoms with E-state index in [1.165, 1.54) is 16.9 Å². The van der Waals surface area contributed by atoms with E-state index in [1.54, 1.807) is 7.05 Å². The minimum absolute atomic E-state index is 0.229. The number of nitrogens with zero attached hydrogens (tertiary/aromatic N) is 2. The Morgan fingerprint density at radius 2 is 2.23 bits per heavy atom. The first-order valence-corrected chi connectivity index (χ1v) is 3.63. The minimum atomic E-state index is -4.57. The molecule has 0 aliphatic rings. The molecule has 3 nitrogen and oxygen atoms in total. The average molecular weight is 194 g/mol. The molecule has 0 spiro atoms. The monoisotopic (exact) mass is 194 g/mol. The maximum absolute atomic E-state index is 11.9. The predicted molar refractivity (Wildman–Crippen MR) is 39.0 cm³/mol. The summed E-state index contributed by atoms with van der Waals surface area (Å²) < 4.78 is 37.0. The summed E-state index contributed by atoms with van der Waals surface area (Å²) in [5, 5.41) is 12.4. The predicted octanol–water partition coefficient (Wildman–Crippen LogP) is 0.886. The highest BCUT2D eigenvalue weighted by molar-refractivity contribution is 5.00. The number of rotatable bonds is 2. The molecule has 0 aromatic carbocycles. The second-order valence-electron chi connectivity index (χ2n) is 2.74. The van der Waals surface area contributed by atoms with Crippen molar-refractivity contribution in [2.24, 2.45) is 7.05 Å². The van der Waals surface area contributed by atoms with Gasteiger partial charge in [-0.3, -0.25) is 4.68 Å². The Balaban J connectivity index is 2.60. The molecule has 1 rings (SSSR count). The second kappa shape index (κ2) is 3.37. The van der Waals surface area contributed by atoms with Gasteiger partial charge in [0.05, 0.1) is 5.69 Å². The number of aliphatic hydroxyl groups excluding tert-OH is 1. The van der Waals surface area contributed by atoms with Gasteiger partial charge < -0.3 is 5.11 Å². The molecule has 0 aliphatic heterocycles. The van der Waals surface area contributed by atoms with Crippen molar-refractivity contribution in [1.29, 1.82) is 0 Å². The SMILES string of the molecule is Cn1ccc(CC(O)C(F)(F)F)n1. The van der Waals surface area contributed by atoms with Crippen molar-refractivity contribution in [3.8, 4) is 0 Å². The van der Waals surface area contributed by atoms with E-state index in [4.69, 9.17) is 5.11 Å². The zero-order valence-electron chi connectivity index (χ0n) is 6.91. The van der Waals surface area contributed by atoms with E-state index in [1.807, 2.05) is 0 Å². The van der Waals surface area contributed by atoms with E-state index < -0.39 is 18.7 Å². The van der Waals surface area contributed by atoms with Crippen LogP contribution in [0.5, 0.6) is 0 Å². The molecule has 0 aliphatic carbocycles. The maximum atomic E-state index is 11.9. The average Bonchev–Trinajstić information content (AvgIpc) is 2.33. The number of halogens is 3. The molecule has 1 atom stereocenters. The molecule has 0 fully saturated rings. The quantitative estimate of drug-likeness (QED) is 0.759.